The van der Waals surface area contributed by atoms with Crippen molar-refractivity contribution in [2.75, 3.05) is 31.7 Å². The fourth-order valence-corrected chi connectivity index (χ4v) is 2.58. The standard InChI is InChI=1S/C14H18N2O5/c1-15(8-10-3-2-6-21-9-10)13-5-4-11(16(19)20)7-12(13)14(17)18/h4-5,7,10H,2-3,6,8-9H2,1H3,(H,17,18). The number of non-ortho nitro benzene ring substituents is 1. The van der Waals surface area contributed by atoms with E-state index < -0.39 is 10.9 Å². The van der Waals surface area contributed by atoms with E-state index in [1.165, 1.54) is 12.1 Å². The first-order chi connectivity index (χ1) is 9.99. The number of nitro groups is 1. The molecule has 0 radical (unpaired) electrons. The number of hydrogen-bond acceptors (Lipinski definition) is 5. The van der Waals surface area contributed by atoms with Gasteiger partial charge in [-0.15, -0.1) is 0 Å². The number of nitrogens with zero attached hydrogens (tertiary/aromatic N) is 2. The van der Waals surface area contributed by atoms with E-state index in [2.05, 4.69) is 0 Å². The molecule has 0 bridgehead atoms. The fraction of sp³-hybridized carbons (Fsp3) is 0.500. The van der Waals surface area contributed by atoms with Crippen LogP contribution in [0.15, 0.2) is 18.2 Å². The molecule has 1 heterocycles. The second-order valence-corrected chi connectivity index (χ2v) is 5.23. The van der Waals surface area contributed by atoms with Crippen LogP contribution < -0.4 is 4.90 Å². The summed E-state index contributed by atoms with van der Waals surface area (Å²) in [6, 6.07) is 3.92. The summed E-state index contributed by atoms with van der Waals surface area (Å²) >= 11 is 0. The van der Waals surface area contributed by atoms with E-state index in [1.807, 2.05) is 4.90 Å². The minimum atomic E-state index is -1.17. The lowest BCUT2D eigenvalue weighted by molar-refractivity contribution is -0.384. The highest BCUT2D eigenvalue weighted by Gasteiger charge is 2.21. The fourth-order valence-electron chi connectivity index (χ4n) is 2.58. The summed E-state index contributed by atoms with van der Waals surface area (Å²) in [5.41, 5.74) is 0.215. The molecule has 21 heavy (non-hydrogen) atoms. The second kappa shape index (κ2) is 6.53. The van der Waals surface area contributed by atoms with Crippen LogP contribution >= 0.6 is 0 Å². The molecule has 114 valence electrons. The van der Waals surface area contributed by atoms with Crippen LogP contribution in [0.4, 0.5) is 11.4 Å². The summed E-state index contributed by atoms with van der Waals surface area (Å²) in [5, 5.41) is 20.0. The van der Waals surface area contributed by atoms with Crippen LogP contribution in [0.2, 0.25) is 0 Å². The molecule has 2 rings (SSSR count). The summed E-state index contributed by atoms with van der Waals surface area (Å²) in [6.07, 6.45) is 2.05. The van der Waals surface area contributed by atoms with Gasteiger partial charge < -0.3 is 14.7 Å². The highest BCUT2D eigenvalue weighted by atomic mass is 16.6. The zero-order valence-corrected chi connectivity index (χ0v) is 11.8. The number of rotatable bonds is 5. The number of nitro benzene ring substituents is 1. The van der Waals surface area contributed by atoms with Crippen molar-refractivity contribution in [1.29, 1.82) is 0 Å². The van der Waals surface area contributed by atoms with Crippen molar-refractivity contribution < 1.29 is 19.6 Å². The molecule has 0 amide bonds. The zero-order chi connectivity index (χ0) is 15.4. The average molecular weight is 294 g/mol. The van der Waals surface area contributed by atoms with Crippen molar-refractivity contribution in [2.45, 2.75) is 12.8 Å². The minimum absolute atomic E-state index is 0.0524. The third kappa shape index (κ3) is 3.69. The van der Waals surface area contributed by atoms with Gasteiger partial charge in [-0.1, -0.05) is 0 Å². The molecule has 1 aliphatic rings. The van der Waals surface area contributed by atoms with E-state index in [0.29, 0.717) is 24.8 Å². The van der Waals surface area contributed by atoms with E-state index in [1.54, 1.807) is 7.05 Å². The topological polar surface area (TPSA) is 92.9 Å². The third-order valence-electron chi connectivity index (χ3n) is 3.62. The lowest BCUT2D eigenvalue weighted by Crippen LogP contribution is -2.31. The van der Waals surface area contributed by atoms with Gasteiger partial charge >= 0.3 is 5.97 Å². The first-order valence-electron chi connectivity index (χ1n) is 6.79. The molecule has 1 fully saturated rings. The molecule has 0 aromatic heterocycles. The maximum atomic E-state index is 11.3. The molecule has 1 aliphatic heterocycles. The molecule has 7 heteroatoms. The predicted molar refractivity (Wildman–Crippen MR) is 76.9 cm³/mol. The van der Waals surface area contributed by atoms with Gasteiger partial charge in [0, 0.05) is 32.3 Å². The van der Waals surface area contributed by atoms with E-state index >= 15 is 0 Å². The summed E-state index contributed by atoms with van der Waals surface area (Å²) < 4.78 is 5.41. The molecule has 0 spiro atoms. The number of ether oxygens (including phenoxy) is 1. The lowest BCUT2D eigenvalue weighted by atomic mass is 10.0. The quantitative estimate of drug-likeness (QED) is 0.660. The summed E-state index contributed by atoms with van der Waals surface area (Å²) in [7, 11) is 1.79. The Morgan fingerprint density at radius 1 is 1.57 bits per heavy atom. The Morgan fingerprint density at radius 2 is 2.33 bits per heavy atom. The Bertz CT molecular complexity index is 540. The number of anilines is 1. The first-order valence-corrected chi connectivity index (χ1v) is 6.79. The van der Waals surface area contributed by atoms with Crippen LogP contribution in [-0.2, 0) is 4.74 Å². The molecule has 1 atom stereocenters. The second-order valence-electron chi connectivity index (χ2n) is 5.23. The lowest BCUT2D eigenvalue weighted by Gasteiger charge is -2.29. The third-order valence-corrected chi connectivity index (χ3v) is 3.62. The molecule has 1 aromatic rings. The maximum Gasteiger partial charge on any atom is 0.338 e. The molecule has 1 aromatic carbocycles. The number of carboxylic acid groups (broad SMARTS) is 1. The number of carbonyl (C=O) groups is 1. The molecular formula is C14H18N2O5. The molecule has 1 unspecified atom stereocenters. The minimum Gasteiger partial charge on any atom is -0.478 e. The van der Waals surface area contributed by atoms with Gasteiger partial charge in [0.05, 0.1) is 22.8 Å². The summed E-state index contributed by atoms with van der Waals surface area (Å²) in [4.78, 5) is 23.3. The Kier molecular flexibility index (Phi) is 4.74. The van der Waals surface area contributed by atoms with Crippen molar-refractivity contribution in [3.63, 3.8) is 0 Å². The molecule has 1 N–H and O–H groups in total. The van der Waals surface area contributed by atoms with Crippen molar-refractivity contribution in [2.24, 2.45) is 5.92 Å². The normalized spacial score (nSPS) is 18.2. The van der Waals surface area contributed by atoms with Gasteiger partial charge in [0.25, 0.3) is 5.69 Å². The Morgan fingerprint density at radius 3 is 2.90 bits per heavy atom. The highest BCUT2D eigenvalue weighted by molar-refractivity contribution is 5.95. The summed E-state index contributed by atoms with van der Waals surface area (Å²) in [6.45, 7) is 2.11. The van der Waals surface area contributed by atoms with Gasteiger partial charge in [-0.3, -0.25) is 10.1 Å². The average Bonchev–Trinajstić information content (AvgIpc) is 2.47. The van der Waals surface area contributed by atoms with Crippen molar-refractivity contribution in [3.05, 3.63) is 33.9 Å². The SMILES string of the molecule is CN(CC1CCCOC1)c1ccc([N+](=O)[O-])cc1C(=O)O. The maximum absolute atomic E-state index is 11.3. The number of aromatic carboxylic acids is 1. The van der Waals surface area contributed by atoms with E-state index in [-0.39, 0.29) is 11.3 Å². The predicted octanol–water partition coefficient (Wildman–Crippen LogP) is 2.16. The van der Waals surface area contributed by atoms with Crippen LogP contribution in [0.3, 0.4) is 0 Å². The van der Waals surface area contributed by atoms with Crippen molar-refractivity contribution >= 4 is 17.3 Å². The van der Waals surface area contributed by atoms with E-state index in [9.17, 15) is 20.0 Å². The van der Waals surface area contributed by atoms with Gasteiger partial charge in [-0.25, -0.2) is 4.79 Å². The first kappa shape index (κ1) is 15.2. The number of carboxylic acids is 1. The van der Waals surface area contributed by atoms with Gasteiger partial charge in [-0.05, 0) is 24.8 Å². The van der Waals surface area contributed by atoms with Crippen LogP contribution in [0, 0.1) is 16.0 Å². The number of benzene rings is 1. The van der Waals surface area contributed by atoms with Crippen molar-refractivity contribution in [3.8, 4) is 0 Å². The largest absolute Gasteiger partial charge is 0.478 e. The van der Waals surface area contributed by atoms with Gasteiger partial charge in [0.2, 0.25) is 0 Å². The Hall–Kier alpha value is -2.15. The van der Waals surface area contributed by atoms with Crippen LogP contribution in [0.5, 0.6) is 0 Å². The van der Waals surface area contributed by atoms with E-state index in [0.717, 1.165) is 25.5 Å². The highest BCUT2D eigenvalue weighted by Crippen LogP contribution is 2.26. The Labute approximate surface area is 122 Å². The molecular weight excluding hydrogens is 276 g/mol. The van der Waals surface area contributed by atoms with Gasteiger partial charge in [-0.2, -0.15) is 0 Å². The summed E-state index contributed by atoms with van der Waals surface area (Å²) in [5.74, 6) is -0.818. The van der Waals surface area contributed by atoms with Crippen LogP contribution in [0.1, 0.15) is 23.2 Å². The smallest absolute Gasteiger partial charge is 0.338 e. The van der Waals surface area contributed by atoms with E-state index in [4.69, 9.17) is 4.74 Å². The number of hydrogen-bond donors (Lipinski definition) is 1. The molecule has 0 saturated carbocycles. The monoisotopic (exact) mass is 294 g/mol. The van der Waals surface area contributed by atoms with Gasteiger partial charge in [0.1, 0.15) is 0 Å². The Balaban J connectivity index is 2.20. The molecule has 7 nitrogen and oxygen atoms in total. The zero-order valence-electron chi connectivity index (χ0n) is 11.8. The molecule has 0 aliphatic carbocycles. The van der Waals surface area contributed by atoms with Crippen LogP contribution in [0.25, 0.3) is 0 Å². The van der Waals surface area contributed by atoms with Gasteiger partial charge in [0.15, 0.2) is 0 Å². The molecule has 1 saturated heterocycles. The van der Waals surface area contributed by atoms with Crippen molar-refractivity contribution in [1.82, 2.24) is 0 Å². The van der Waals surface area contributed by atoms with Crippen LogP contribution in [-0.4, -0.2) is 42.8 Å².